The van der Waals surface area contributed by atoms with E-state index in [9.17, 15) is 13.2 Å². The number of benzene rings is 1. The third-order valence-electron chi connectivity index (χ3n) is 4.58. The van der Waals surface area contributed by atoms with Gasteiger partial charge in [0.05, 0.1) is 4.90 Å². The number of amides is 1. The first kappa shape index (κ1) is 21.9. The van der Waals surface area contributed by atoms with Crippen LogP contribution in [-0.4, -0.2) is 39.7 Å². The van der Waals surface area contributed by atoms with Gasteiger partial charge in [-0.15, -0.1) is 12.4 Å². The molecule has 1 fully saturated rings. The molecule has 1 amide bonds. The summed E-state index contributed by atoms with van der Waals surface area (Å²) in [7, 11) is -3.31. The zero-order chi connectivity index (χ0) is 17.6. The smallest absolute Gasteiger partial charge is 0.251 e. The standard InChI is InChI=1S/C18H28N2O3S.ClH/c1-14-9-10-16(24(2,22)23)13-17(14)18(21)20-12-11-19-15-7-5-3-4-6-8-15;/h9-10,13,15,19H,3-8,11-12H2,1-2H3,(H,20,21);1H. The second-order valence-electron chi connectivity index (χ2n) is 6.65. The van der Waals surface area contributed by atoms with Gasteiger partial charge in [0.2, 0.25) is 0 Å². The maximum absolute atomic E-state index is 12.3. The van der Waals surface area contributed by atoms with Crippen LogP contribution in [0.3, 0.4) is 0 Å². The van der Waals surface area contributed by atoms with E-state index in [1.807, 2.05) is 6.92 Å². The highest BCUT2D eigenvalue weighted by Crippen LogP contribution is 2.17. The van der Waals surface area contributed by atoms with Gasteiger partial charge in [0.1, 0.15) is 0 Å². The first-order valence-electron chi connectivity index (χ1n) is 8.70. The number of rotatable bonds is 6. The minimum Gasteiger partial charge on any atom is -0.351 e. The highest BCUT2D eigenvalue weighted by molar-refractivity contribution is 7.90. The van der Waals surface area contributed by atoms with Gasteiger partial charge in [0.25, 0.3) is 5.91 Å². The fourth-order valence-corrected chi connectivity index (χ4v) is 3.75. The minimum absolute atomic E-state index is 0. The summed E-state index contributed by atoms with van der Waals surface area (Å²) in [6, 6.07) is 5.22. The van der Waals surface area contributed by atoms with Crippen molar-refractivity contribution in [2.45, 2.75) is 56.4 Å². The predicted molar refractivity (Wildman–Crippen MR) is 103 cm³/mol. The lowest BCUT2D eigenvalue weighted by Crippen LogP contribution is -2.37. The Labute approximate surface area is 157 Å². The van der Waals surface area contributed by atoms with E-state index in [0.29, 0.717) is 18.2 Å². The fraction of sp³-hybridized carbons (Fsp3) is 0.611. The van der Waals surface area contributed by atoms with Crippen LogP contribution in [0.15, 0.2) is 23.1 Å². The topological polar surface area (TPSA) is 75.3 Å². The Morgan fingerprint density at radius 3 is 2.36 bits per heavy atom. The van der Waals surface area contributed by atoms with Gasteiger partial charge in [0.15, 0.2) is 9.84 Å². The molecule has 0 heterocycles. The summed E-state index contributed by atoms with van der Waals surface area (Å²) in [4.78, 5) is 12.5. The molecule has 2 N–H and O–H groups in total. The number of halogens is 1. The normalized spacial score (nSPS) is 15.9. The summed E-state index contributed by atoms with van der Waals surface area (Å²) < 4.78 is 23.3. The highest BCUT2D eigenvalue weighted by Gasteiger charge is 2.15. The Balaban J connectivity index is 0.00000312. The molecule has 0 unspecified atom stereocenters. The van der Waals surface area contributed by atoms with Gasteiger partial charge in [-0.3, -0.25) is 4.79 Å². The van der Waals surface area contributed by atoms with Crippen LogP contribution in [0.5, 0.6) is 0 Å². The fourth-order valence-electron chi connectivity index (χ4n) is 3.11. The first-order valence-corrected chi connectivity index (χ1v) is 10.6. The monoisotopic (exact) mass is 388 g/mol. The van der Waals surface area contributed by atoms with Crippen LogP contribution in [-0.2, 0) is 9.84 Å². The second kappa shape index (κ2) is 10.1. The van der Waals surface area contributed by atoms with Crippen molar-refractivity contribution in [3.63, 3.8) is 0 Å². The van der Waals surface area contributed by atoms with E-state index in [2.05, 4.69) is 10.6 Å². The SMILES string of the molecule is Cc1ccc(S(C)(=O)=O)cc1C(=O)NCCNC1CCCCCC1.Cl. The summed E-state index contributed by atoms with van der Waals surface area (Å²) in [5.74, 6) is -0.222. The molecule has 2 rings (SSSR count). The van der Waals surface area contributed by atoms with Gasteiger partial charge in [0, 0.05) is 31.0 Å². The lowest BCUT2D eigenvalue weighted by Gasteiger charge is -2.16. The molecule has 5 nitrogen and oxygen atoms in total. The lowest BCUT2D eigenvalue weighted by molar-refractivity contribution is 0.0952. The average molecular weight is 389 g/mol. The molecular formula is C18H29ClN2O3S. The number of hydrogen-bond acceptors (Lipinski definition) is 4. The average Bonchev–Trinajstić information content (AvgIpc) is 2.79. The molecule has 0 aromatic heterocycles. The zero-order valence-corrected chi connectivity index (χ0v) is 16.6. The van der Waals surface area contributed by atoms with Gasteiger partial charge in [-0.25, -0.2) is 8.42 Å². The third-order valence-corrected chi connectivity index (χ3v) is 5.69. The van der Waals surface area contributed by atoms with Crippen molar-refractivity contribution in [1.82, 2.24) is 10.6 Å². The maximum atomic E-state index is 12.3. The number of carbonyl (C=O) groups excluding carboxylic acids is 1. The number of carbonyl (C=O) groups is 1. The van der Waals surface area contributed by atoms with Crippen molar-refractivity contribution in [3.05, 3.63) is 29.3 Å². The number of aryl methyl sites for hydroxylation is 1. The Bertz CT molecular complexity index is 669. The van der Waals surface area contributed by atoms with E-state index in [1.54, 1.807) is 6.07 Å². The lowest BCUT2D eigenvalue weighted by atomic mass is 10.1. The summed E-state index contributed by atoms with van der Waals surface area (Å²) in [6.45, 7) is 3.09. The largest absolute Gasteiger partial charge is 0.351 e. The predicted octanol–water partition coefficient (Wildman–Crippen LogP) is 2.86. The van der Waals surface area contributed by atoms with Crippen LogP contribution in [0.1, 0.15) is 54.4 Å². The summed E-state index contributed by atoms with van der Waals surface area (Å²) in [6.07, 6.45) is 8.78. The molecule has 25 heavy (non-hydrogen) atoms. The summed E-state index contributed by atoms with van der Waals surface area (Å²) >= 11 is 0. The van der Waals surface area contributed by atoms with Crippen LogP contribution in [0.2, 0.25) is 0 Å². The molecule has 1 aromatic carbocycles. The highest BCUT2D eigenvalue weighted by atomic mass is 35.5. The Morgan fingerprint density at radius 1 is 1.12 bits per heavy atom. The molecule has 0 saturated heterocycles. The molecule has 0 atom stereocenters. The van der Waals surface area contributed by atoms with Crippen molar-refractivity contribution in [2.24, 2.45) is 0 Å². The molecule has 1 aromatic rings. The van der Waals surface area contributed by atoms with E-state index in [4.69, 9.17) is 0 Å². The molecule has 0 spiro atoms. The molecular weight excluding hydrogens is 360 g/mol. The molecule has 7 heteroatoms. The molecule has 0 radical (unpaired) electrons. The van der Waals surface area contributed by atoms with Crippen LogP contribution in [0.25, 0.3) is 0 Å². The molecule has 1 saturated carbocycles. The van der Waals surface area contributed by atoms with E-state index >= 15 is 0 Å². The molecule has 0 aliphatic heterocycles. The molecule has 1 aliphatic carbocycles. The summed E-state index contributed by atoms with van der Waals surface area (Å²) in [5.41, 5.74) is 1.20. The van der Waals surface area contributed by atoms with Crippen LogP contribution in [0.4, 0.5) is 0 Å². The summed E-state index contributed by atoms with van der Waals surface area (Å²) in [5, 5.41) is 6.39. The van der Waals surface area contributed by atoms with Crippen molar-refractivity contribution >= 4 is 28.2 Å². The molecule has 142 valence electrons. The van der Waals surface area contributed by atoms with Crippen molar-refractivity contribution in [3.8, 4) is 0 Å². The van der Waals surface area contributed by atoms with Gasteiger partial charge < -0.3 is 10.6 Å². The number of hydrogen-bond donors (Lipinski definition) is 2. The quantitative estimate of drug-likeness (QED) is 0.580. The van der Waals surface area contributed by atoms with E-state index in [-0.39, 0.29) is 23.2 Å². The van der Waals surface area contributed by atoms with Crippen LogP contribution >= 0.6 is 12.4 Å². The van der Waals surface area contributed by atoms with Crippen molar-refractivity contribution in [2.75, 3.05) is 19.3 Å². The van der Waals surface area contributed by atoms with Gasteiger partial charge in [-0.2, -0.15) is 0 Å². The Morgan fingerprint density at radius 2 is 1.76 bits per heavy atom. The molecule has 1 aliphatic rings. The van der Waals surface area contributed by atoms with E-state index in [0.717, 1.165) is 18.4 Å². The van der Waals surface area contributed by atoms with Crippen LogP contribution in [0, 0.1) is 6.92 Å². The Kier molecular flexibility index (Phi) is 8.89. The van der Waals surface area contributed by atoms with Gasteiger partial charge in [-0.1, -0.05) is 31.7 Å². The van der Waals surface area contributed by atoms with Crippen molar-refractivity contribution < 1.29 is 13.2 Å². The third kappa shape index (κ3) is 6.96. The van der Waals surface area contributed by atoms with Gasteiger partial charge >= 0.3 is 0 Å². The van der Waals surface area contributed by atoms with E-state index in [1.165, 1.54) is 50.7 Å². The zero-order valence-electron chi connectivity index (χ0n) is 15.0. The maximum Gasteiger partial charge on any atom is 0.251 e. The van der Waals surface area contributed by atoms with E-state index < -0.39 is 9.84 Å². The molecule has 0 bridgehead atoms. The van der Waals surface area contributed by atoms with Gasteiger partial charge in [-0.05, 0) is 37.5 Å². The number of nitrogens with one attached hydrogen (secondary N) is 2. The van der Waals surface area contributed by atoms with Crippen LogP contribution < -0.4 is 10.6 Å². The second-order valence-corrected chi connectivity index (χ2v) is 8.66. The first-order chi connectivity index (χ1) is 11.4. The minimum atomic E-state index is -3.31. The van der Waals surface area contributed by atoms with Crippen molar-refractivity contribution in [1.29, 1.82) is 0 Å². The number of sulfone groups is 1. The Hall–Kier alpha value is -1.11.